The smallest absolute Gasteiger partial charge is 0.407 e. The molecule has 0 heterocycles. The molecule has 1 unspecified atom stereocenters. The Labute approximate surface area is 141 Å². The summed E-state index contributed by atoms with van der Waals surface area (Å²) in [7, 11) is 0. The minimum Gasteiger partial charge on any atom is -0.464 e. The van der Waals surface area contributed by atoms with Gasteiger partial charge in [0.15, 0.2) is 0 Å². The van der Waals surface area contributed by atoms with Gasteiger partial charge in [-0.05, 0) is 30.6 Å². The van der Waals surface area contributed by atoms with Gasteiger partial charge in [-0.2, -0.15) is 0 Å². The van der Waals surface area contributed by atoms with Crippen LogP contribution in [0.1, 0.15) is 73.6 Å². The normalized spacial score (nSPS) is 12.8. The molecule has 5 nitrogen and oxygen atoms in total. The van der Waals surface area contributed by atoms with Crippen molar-refractivity contribution in [1.29, 1.82) is 0 Å². The number of amides is 1. The van der Waals surface area contributed by atoms with Crippen LogP contribution in [0.15, 0.2) is 0 Å². The molecule has 0 aromatic heterocycles. The summed E-state index contributed by atoms with van der Waals surface area (Å²) in [5, 5.41) is 2.64. The minimum atomic E-state index is -0.624. The van der Waals surface area contributed by atoms with Crippen molar-refractivity contribution in [3.63, 3.8) is 0 Å². The van der Waals surface area contributed by atoms with E-state index in [1.807, 2.05) is 27.7 Å². The Morgan fingerprint density at radius 2 is 1.70 bits per heavy atom. The van der Waals surface area contributed by atoms with Crippen LogP contribution >= 0.6 is 0 Å². The summed E-state index contributed by atoms with van der Waals surface area (Å²) in [4.78, 5) is 24.0. The zero-order valence-electron chi connectivity index (χ0n) is 15.7. The molecule has 0 saturated carbocycles. The number of ether oxygens (including phenoxy) is 2. The summed E-state index contributed by atoms with van der Waals surface area (Å²) in [5.74, 6) is 0.227. The molecule has 136 valence electrons. The van der Waals surface area contributed by atoms with Gasteiger partial charge < -0.3 is 14.8 Å². The van der Waals surface area contributed by atoms with E-state index in [4.69, 9.17) is 9.47 Å². The highest BCUT2D eigenvalue weighted by Gasteiger charge is 2.23. The van der Waals surface area contributed by atoms with Gasteiger partial charge in [-0.15, -0.1) is 0 Å². The molecule has 0 radical (unpaired) electrons. The lowest BCUT2D eigenvalue weighted by Crippen LogP contribution is -2.42. The number of alkyl carbamates (subject to hydrolysis) is 1. The van der Waals surface area contributed by atoms with Gasteiger partial charge in [0.05, 0.1) is 13.2 Å². The van der Waals surface area contributed by atoms with E-state index in [2.05, 4.69) is 19.2 Å². The fourth-order valence-corrected chi connectivity index (χ4v) is 1.89. The molecule has 0 saturated heterocycles. The Kier molecular flexibility index (Phi) is 10.7. The van der Waals surface area contributed by atoms with Gasteiger partial charge in [-0.3, -0.25) is 0 Å². The molecule has 0 aliphatic rings. The second-order valence-corrected chi connectivity index (χ2v) is 7.68. The van der Waals surface area contributed by atoms with E-state index in [-0.39, 0.29) is 11.4 Å². The van der Waals surface area contributed by atoms with E-state index in [0.717, 1.165) is 25.7 Å². The number of rotatable bonds is 10. The molecule has 1 atom stereocenters. The zero-order chi connectivity index (χ0) is 17.9. The maximum Gasteiger partial charge on any atom is 0.407 e. The van der Waals surface area contributed by atoms with E-state index in [1.54, 1.807) is 0 Å². The summed E-state index contributed by atoms with van der Waals surface area (Å²) in [6, 6.07) is -0.624. The maximum absolute atomic E-state index is 12.1. The van der Waals surface area contributed by atoms with E-state index in [1.165, 1.54) is 0 Å². The predicted octanol–water partition coefficient (Wildman–Crippen LogP) is 4.30. The Morgan fingerprint density at radius 3 is 2.22 bits per heavy atom. The summed E-state index contributed by atoms with van der Waals surface area (Å²) in [6.07, 6.45) is 3.69. The van der Waals surface area contributed by atoms with Crippen LogP contribution in [-0.4, -0.2) is 31.3 Å². The first-order valence-electron chi connectivity index (χ1n) is 8.75. The van der Waals surface area contributed by atoms with Crippen LogP contribution < -0.4 is 5.32 Å². The highest BCUT2D eigenvalue weighted by atomic mass is 16.6. The Hall–Kier alpha value is -1.26. The van der Waals surface area contributed by atoms with E-state index >= 15 is 0 Å². The standard InChI is InChI=1S/C18H35NO4/c1-7-8-11-15(16(20)22-12-9-10-14(2)3)19-17(21)23-13-18(4,5)6/h14-15H,7-13H2,1-6H3,(H,19,21). The van der Waals surface area contributed by atoms with Gasteiger partial charge in [0.1, 0.15) is 6.04 Å². The Balaban J connectivity index is 4.32. The highest BCUT2D eigenvalue weighted by Crippen LogP contribution is 2.13. The molecule has 0 aromatic carbocycles. The van der Waals surface area contributed by atoms with E-state index in [0.29, 0.717) is 25.6 Å². The van der Waals surface area contributed by atoms with Crippen LogP contribution in [0.3, 0.4) is 0 Å². The van der Waals surface area contributed by atoms with Crippen LogP contribution in [0.25, 0.3) is 0 Å². The molecule has 0 bridgehead atoms. The molecule has 0 fully saturated rings. The topological polar surface area (TPSA) is 64.6 Å². The molecule has 0 spiro atoms. The number of unbranched alkanes of at least 4 members (excludes halogenated alkanes) is 1. The largest absolute Gasteiger partial charge is 0.464 e. The monoisotopic (exact) mass is 329 g/mol. The first kappa shape index (κ1) is 21.7. The number of esters is 1. The maximum atomic E-state index is 12.1. The van der Waals surface area contributed by atoms with Crippen molar-refractivity contribution in [2.45, 2.75) is 79.7 Å². The molecule has 0 aromatic rings. The lowest BCUT2D eigenvalue weighted by atomic mass is 9.99. The van der Waals surface area contributed by atoms with Gasteiger partial charge in [0.2, 0.25) is 0 Å². The third-order valence-electron chi connectivity index (χ3n) is 3.23. The first-order chi connectivity index (χ1) is 10.7. The van der Waals surface area contributed by atoms with Gasteiger partial charge in [-0.25, -0.2) is 9.59 Å². The van der Waals surface area contributed by atoms with E-state index in [9.17, 15) is 9.59 Å². The van der Waals surface area contributed by atoms with Crippen molar-refractivity contribution in [2.24, 2.45) is 11.3 Å². The lowest BCUT2D eigenvalue weighted by molar-refractivity contribution is -0.146. The van der Waals surface area contributed by atoms with Crippen LogP contribution in [0, 0.1) is 11.3 Å². The SMILES string of the molecule is CCCCC(NC(=O)OCC(C)(C)C)C(=O)OCCCC(C)C. The third kappa shape index (κ3) is 12.9. The van der Waals surface area contributed by atoms with Crippen molar-refractivity contribution >= 4 is 12.1 Å². The third-order valence-corrected chi connectivity index (χ3v) is 3.23. The van der Waals surface area contributed by atoms with Crippen molar-refractivity contribution < 1.29 is 19.1 Å². The van der Waals surface area contributed by atoms with Crippen LogP contribution in [0.4, 0.5) is 4.79 Å². The van der Waals surface area contributed by atoms with Crippen molar-refractivity contribution in [3.05, 3.63) is 0 Å². The molecule has 0 aliphatic heterocycles. The average Bonchev–Trinajstić information content (AvgIpc) is 2.44. The van der Waals surface area contributed by atoms with Crippen molar-refractivity contribution in [1.82, 2.24) is 5.32 Å². The summed E-state index contributed by atoms with van der Waals surface area (Å²) < 4.78 is 10.5. The molecular weight excluding hydrogens is 294 g/mol. The molecule has 1 amide bonds. The van der Waals surface area contributed by atoms with Crippen LogP contribution in [0.2, 0.25) is 0 Å². The highest BCUT2D eigenvalue weighted by molar-refractivity contribution is 5.81. The van der Waals surface area contributed by atoms with Crippen molar-refractivity contribution in [3.8, 4) is 0 Å². The number of carbonyl (C=O) groups is 2. The van der Waals surface area contributed by atoms with Crippen molar-refractivity contribution in [2.75, 3.05) is 13.2 Å². The second kappa shape index (κ2) is 11.3. The average molecular weight is 329 g/mol. The molecule has 23 heavy (non-hydrogen) atoms. The molecule has 0 rings (SSSR count). The molecular formula is C18H35NO4. The van der Waals surface area contributed by atoms with Crippen LogP contribution in [-0.2, 0) is 14.3 Å². The number of carbonyl (C=O) groups excluding carboxylic acids is 2. The van der Waals surface area contributed by atoms with Gasteiger partial charge in [-0.1, -0.05) is 54.4 Å². The Morgan fingerprint density at radius 1 is 1.04 bits per heavy atom. The van der Waals surface area contributed by atoms with E-state index < -0.39 is 12.1 Å². The lowest BCUT2D eigenvalue weighted by Gasteiger charge is -2.21. The fourth-order valence-electron chi connectivity index (χ4n) is 1.89. The van der Waals surface area contributed by atoms with Gasteiger partial charge in [0.25, 0.3) is 0 Å². The summed E-state index contributed by atoms with van der Waals surface area (Å²) >= 11 is 0. The van der Waals surface area contributed by atoms with Gasteiger partial charge >= 0.3 is 12.1 Å². The molecule has 5 heteroatoms. The zero-order valence-corrected chi connectivity index (χ0v) is 15.7. The van der Waals surface area contributed by atoms with Gasteiger partial charge in [0, 0.05) is 0 Å². The number of hydrogen-bond donors (Lipinski definition) is 1. The molecule has 1 N–H and O–H groups in total. The summed E-state index contributed by atoms with van der Waals surface area (Å²) in [5.41, 5.74) is -0.104. The Bertz CT molecular complexity index is 347. The number of nitrogens with one attached hydrogen (secondary N) is 1. The first-order valence-corrected chi connectivity index (χ1v) is 8.75. The second-order valence-electron chi connectivity index (χ2n) is 7.68. The minimum absolute atomic E-state index is 0.104. The quantitative estimate of drug-likeness (QED) is 0.479. The summed E-state index contributed by atoms with van der Waals surface area (Å²) in [6.45, 7) is 13.0. The fraction of sp³-hybridized carbons (Fsp3) is 0.889. The molecule has 0 aliphatic carbocycles. The predicted molar refractivity (Wildman–Crippen MR) is 92.3 cm³/mol. The number of hydrogen-bond acceptors (Lipinski definition) is 4. The van der Waals surface area contributed by atoms with Crippen LogP contribution in [0.5, 0.6) is 0 Å².